The third-order valence-corrected chi connectivity index (χ3v) is 5.34. The number of benzene rings is 1. The van der Waals surface area contributed by atoms with Gasteiger partial charge in [-0.25, -0.2) is 0 Å². The number of hydrogen-bond donors (Lipinski definition) is 4. The molecule has 0 aromatic heterocycles. The minimum Gasteiger partial charge on any atom is -0.480 e. The van der Waals surface area contributed by atoms with Gasteiger partial charge in [0.15, 0.2) is 0 Å². The predicted octanol–water partition coefficient (Wildman–Crippen LogP) is 2.02. The van der Waals surface area contributed by atoms with Gasteiger partial charge in [-0.15, -0.1) is 24.8 Å². The van der Waals surface area contributed by atoms with E-state index in [9.17, 15) is 9.90 Å². The van der Waals surface area contributed by atoms with Crippen LogP contribution in [0.25, 0.3) is 0 Å². The van der Waals surface area contributed by atoms with Gasteiger partial charge in [-0.1, -0.05) is 36.8 Å². The second-order valence-electron chi connectivity index (χ2n) is 7.43. The summed E-state index contributed by atoms with van der Waals surface area (Å²) in [5, 5.41) is 27.8. The Morgan fingerprint density at radius 3 is 2.44 bits per heavy atom. The second kappa shape index (κ2) is 11.9. The molecule has 0 amide bonds. The van der Waals surface area contributed by atoms with Crippen molar-refractivity contribution in [3.05, 3.63) is 35.9 Å². The first-order chi connectivity index (χ1) is 11.8. The summed E-state index contributed by atoms with van der Waals surface area (Å²) in [6.07, 6.45) is 2.87. The topological polar surface area (TPSA) is 107 Å². The molecule has 1 fully saturated rings. The van der Waals surface area contributed by atoms with Crippen LogP contribution >= 0.6 is 24.8 Å². The molecule has 0 bridgehead atoms. The molecule has 1 aliphatic carbocycles. The van der Waals surface area contributed by atoms with Gasteiger partial charge in [0, 0.05) is 19.0 Å². The zero-order valence-corrected chi connectivity index (χ0v) is 17.3. The van der Waals surface area contributed by atoms with Crippen molar-refractivity contribution in [2.24, 2.45) is 17.6 Å². The SMILES string of the molecule is CN(Cc1ccccc1)CC1CCC(CCB(O)O)CC1(N)C(=O)O.Cl.Cl. The van der Waals surface area contributed by atoms with Crippen LogP contribution in [0.3, 0.4) is 0 Å². The molecule has 3 atom stereocenters. The first-order valence-electron chi connectivity index (χ1n) is 8.92. The van der Waals surface area contributed by atoms with Crippen molar-refractivity contribution in [3.8, 4) is 0 Å². The molecule has 1 aromatic carbocycles. The number of rotatable bonds is 8. The van der Waals surface area contributed by atoms with Crippen molar-refractivity contribution in [3.63, 3.8) is 0 Å². The fraction of sp³-hybridized carbons (Fsp3) is 0.611. The van der Waals surface area contributed by atoms with Crippen LogP contribution in [0, 0.1) is 11.8 Å². The number of carboxylic acids is 1. The van der Waals surface area contributed by atoms with Crippen molar-refractivity contribution >= 4 is 37.9 Å². The molecule has 1 aromatic rings. The number of carboxylic acid groups (broad SMARTS) is 1. The van der Waals surface area contributed by atoms with E-state index in [1.54, 1.807) is 0 Å². The minimum atomic E-state index is -1.34. The molecule has 0 spiro atoms. The summed E-state index contributed by atoms with van der Waals surface area (Å²) in [4.78, 5) is 14.0. The molecule has 0 radical (unpaired) electrons. The van der Waals surface area contributed by atoms with Crippen molar-refractivity contribution in [2.75, 3.05) is 13.6 Å². The summed E-state index contributed by atoms with van der Waals surface area (Å²) >= 11 is 0. The van der Waals surface area contributed by atoms with Crippen molar-refractivity contribution in [1.82, 2.24) is 4.90 Å². The summed E-state index contributed by atoms with van der Waals surface area (Å²) in [5.74, 6) is -0.951. The lowest BCUT2D eigenvalue weighted by Gasteiger charge is -2.43. The third kappa shape index (κ3) is 7.60. The average Bonchev–Trinajstić information content (AvgIpc) is 2.56. The summed E-state index contributed by atoms with van der Waals surface area (Å²) in [6.45, 7) is 1.39. The Morgan fingerprint density at radius 1 is 1.26 bits per heavy atom. The van der Waals surface area contributed by atoms with Gasteiger partial charge in [0.25, 0.3) is 0 Å². The average molecular weight is 421 g/mol. The monoisotopic (exact) mass is 420 g/mol. The van der Waals surface area contributed by atoms with Gasteiger partial charge in [0.05, 0.1) is 0 Å². The van der Waals surface area contributed by atoms with E-state index < -0.39 is 18.6 Å². The predicted molar refractivity (Wildman–Crippen MR) is 112 cm³/mol. The largest absolute Gasteiger partial charge is 0.480 e. The Labute approximate surface area is 174 Å². The van der Waals surface area contributed by atoms with E-state index in [2.05, 4.69) is 17.0 Å². The van der Waals surface area contributed by atoms with Crippen LogP contribution in [-0.2, 0) is 11.3 Å². The minimum absolute atomic E-state index is 0. The van der Waals surface area contributed by atoms with Gasteiger partial charge in [-0.2, -0.15) is 0 Å². The van der Waals surface area contributed by atoms with Crippen LogP contribution in [0.4, 0.5) is 0 Å². The molecule has 0 saturated heterocycles. The first kappa shape index (κ1) is 26.2. The van der Waals surface area contributed by atoms with E-state index in [4.69, 9.17) is 15.8 Å². The molecule has 1 saturated carbocycles. The number of nitrogens with two attached hydrogens (primary N) is 1. The highest BCUT2D eigenvalue weighted by atomic mass is 35.5. The lowest BCUT2D eigenvalue weighted by atomic mass is 9.66. The second-order valence-corrected chi connectivity index (χ2v) is 7.43. The van der Waals surface area contributed by atoms with Crippen LogP contribution < -0.4 is 5.73 Å². The Bertz CT molecular complexity index is 568. The van der Waals surface area contributed by atoms with Gasteiger partial charge >= 0.3 is 13.1 Å². The molecule has 5 N–H and O–H groups in total. The Morgan fingerprint density at radius 2 is 1.89 bits per heavy atom. The number of hydrogen-bond acceptors (Lipinski definition) is 5. The van der Waals surface area contributed by atoms with Crippen molar-refractivity contribution < 1.29 is 19.9 Å². The molecule has 3 unspecified atom stereocenters. The van der Waals surface area contributed by atoms with Crippen molar-refractivity contribution in [1.29, 1.82) is 0 Å². The molecule has 154 valence electrons. The molecular formula is C18H31BCl2N2O4. The van der Waals surface area contributed by atoms with E-state index >= 15 is 0 Å². The maximum absolute atomic E-state index is 11.9. The fourth-order valence-corrected chi connectivity index (χ4v) is 3.92. The van der Waals surface area contributed by atoms with Crippen LogP contribution in [0.5, 0.6) is 0 Å². The van der Waals surface area contributed by atoms with Crippen molar-refractivity contribution in [2.45, 2.75) is 44.1 Å². The normalized spacial score (nSPS) is 24.6. The van der Waals surface area contributed by atoms with E-state index in [0.717, 1.165) is 19.4 Å². The standard InChI is InChI=1S/C18H29BN2O4.2ClH/c1-21(12-15-5-3-2-4-6-15)13-16-8-7-14(9-10-19(24)25)11-18(16,20)17(22)23;;/h2-6,14,16,24-25H,7-13,20H2,1H3,(H,22,23);2*1H. The highest BCUT2D eigenvalue weighted by Crippen LogP contribution is 2.38. The fourth-order valence-electron chi connectivity index (χ4n) is 3.92. The van der Waals surface area contributed by atoms with E-state index in [1.807, 2.05) is 25.2 Å². The Balaban J connectivity index is 0.00000338. The highest BCUT2D eigenvalue weighted by molar-refractivity contribution is 6.40. The Hall–Kier alpha value is -0.825. The van der Waals surface area contributed by atoms with Gasteiger partial charge in [0.1, 0.15) is 5.54 Å². The zero-order valence-electron chi connectivity index (χ0n) is 15.7. The lowest BCUT2D eigenvalue weighted by molar-refractivity contribution is -0.148. The maximum atomic E-state index is 11.9. The zero-order chi connectivity index (χ0) is 18.4. The molecule has 1 aliphatic rings. The number of nitrogens with zero attached hydrogens (tertiary/aromatic N) is 1. The summed E-state index contributed by atoms with van der Waals surface area (Å²) < 4.78 is 0. The van der Waals surface area contributed by atoms with Gasteiger partial charge in [0.2, 0.25) is 0 Å². The molecule has 27 heavy (non-hydrogen) atoms. The number of halogens is 2. The Kier molecular flexibility index (Phi) is 11.5. The van der Waals surface area contributed by atoms with Crippen LogP contribution in [-0.4, -0.2) is 52.3 Å². The van der Waals surface area contributed by atoms with Gasteiger partial charge < -0.3 is 25.8 Å². The molecule has 2 rings (SSSR count). The third-order valence-electron chi connectivity index (χ3n) is 5.34. The smallest absolute Gasteiger partial charge is 0.451 e. The van der Waals surface area contributed by atoms with Gasteiger partial charge in [-0.3, -0.25) is 4.79 Å². The number of carbonyl (C=O) groups is 1. The van der Waals surface area contributed by atoms with Crippen LogP contribution in [0.15, 0.2) is 30.3 Å². The van der Waals surface area contributed by atoms with E-state index in [0.29, 0.717) is 19.4 Å². The first-order valence-corrected chi connectivity index (χ1v) is 8.92. The summed E-state index contributed by atoms with van der Waals surface area (Å²) in [7, 11) is 0.649. The van der Waals surface area contributed by atoms with Gasteiger partial charge in [-0.05, 0) is 44.1 Å². The van der Waals surface area contributed by atoms with Crippen LogP contribution in [0.2, 0.25) is 6.32 Å². The quantitative estimate of drug-likeness (QED) is 0.479. The maximum Gasteiger partial charge on any atom is 0.451 e. The van der Waals surface area contributed by atoms with E-state index in [1.165, 1.54) is 5.56 Å². The molecule has 6 nitrogen and oxygen atoms in total. The van der Waals surface area contributed by atoms with Crippen LogP contribution in [0.1, 0.15) is 31.2 Å². The molecule has 9 heteroatoms. The summed E-state index contributed by atoms with van der Waals surface area (Å²) in [5.41, 5.74) is 6.27. The highest BCUT2D eigenvalue weighted by Gasteiger charge is 2.47. The van der Waals surface area contributed by atoms with E-state index in [-0.39, 0.29) is 43.0 Å². The molecule has 0 aliphatic heterocycles. The number of aliphatic carboxylic acids is 1. The summed E-state index contributed by atoms with van der Waals surface area (Å²) in [6, 6.07) is 10.1. The lowest BCUT2D eigenvalue weighted by Crippen LogP contribution is -2.59. The molecule has 0 heterocycles. The molecular weight excluding hydrogens is 390 g/mol.